The molecule has 1 aromatic carbocycles. The lowest BCUT2D eigenvalue weighted by atomic mass is 10.1. The molecule has 2 aromatic rings. The Balaban J connectivity index is 1.78. The fraction of sp³-hybridized carbons (Fsp3) is 0.438. The highest BCUT2D eigenvalue weighted by atomic mass is 19.1. The maximum Gasteiger partial charge on any atom is 0.229 e. The van der Waals surface area contributed by atoms with Crippen LogP contribution in [0.4, 0.5) is 10.2 Å². The fourth-order valence-electron chi connectivity index (χ4n) is 2.83. The minimum absolute atomic E-state index is 0.126. The molecule has 3 rings (SSSR count). The number of carbonyl (C=O) groups excluding carboxylic acids is 2. The number of halogens is 1. The van der Waals surface area contributed by atoms with Crippen molar-refractivity contribution in [2.24, 2.45) is 5.92 Å². The molecule has 0 bridgehead atoms. The van der Waals surface area contributed by atoms with Crippen LogP contribution in [-0.2, 0) is 9.59 Å². The summed E-state index contributed by atoms with van der Waals surface area (Å²) in [7, 11) is 0. The molecule has 1 atom stereocenters. The zero-order chi connectivity index (χ0) is 16.4. The number of unbranched alkanes of at least 4 members (excludes halogenated alkanes) is 1. The van der Waals surface area contributed by atoms with Crippen LogP contribution in [0.2, 0.25) is 0 Å². The van der Waals surface area contributed by atoms with Gasteiger partial charge in [0, 0.05) is 19.5 Å². The molecule has 1 saturated heterocycles. The van der Waals surface area contributed by atoms with Crippen LogP contribution in [-0.4, -0.2) is 35.1 Å². The minimum atomic E-state index is -0.435. The Morgan fingerprint density at radius 1 is 1.52 bits per heavy atom. The lowest BCUT2D eigenvalue weighted by molar-refractivity contribution is -0.126. The molecule has 0 saturated carbocycles. The van der Waals surface area contributed by atoms with Crippen molar-refractivity contribution >= 4 is 28.5 Å². The third kappa shape index (κ3) is 2.91. The number of rotatable bonds is 5. The van der Waals surface area contributed by atoms with Crippen molar-refractivity contribution in [2.45, 2.75) is 26.2 Å². The lowest BCUT2D eigenvalue weighted by Gasteiger charge is -2.14. The number of fused-ring (bicyclic) bond motifs is 1. The van der Waals surface area contributed by atoms with Crippen molar-refractivity contribution in [1.82, 2.24) is 15.5 Å². The van der Waals surface area contributed by atoms with Gasteiger partial charge < -0.3 is 5.32 Å². The summed E-state index contributed by atoms with van der Waals surface area (Å²) in [6.07, 6.45) is 2.03. The molecule has 2 N–H and O–H groups in total. The molecule has 1 fully saturated rings. The third-order valence-electron chi connectivity index (χ3n) is 4.10. The van der Waals surface area contributed by atoms with Gasteiger partial charge in [-0.15, -0.1) is 0 Å². The van der Waals surface area contributed by atoms with Gasteiger partial charge in [-0.3, -0.25) is 19.6 Å². The Labute approximate surface area is 133 Å². The first-order chi connectivity index (χ1) is 11.1. The number of carbonyl (C=O) groups is 2. The number of nitrogens with zero attached hydrogens (tertiary/aromatic N) is 2. The molecule has 0 spiro atoms. The second kappa shape index (κ2) is 6.36. The van der Waals surface area contributed by atoms with Gasteiger partial charge >= 0.3 is 0 Å². The molecular weight excluding hydrogens is 299 g/mol. The molecule has 1 aliphatic rings. The van der Waals surface area contributed by atoms with E-state index >= 15 is 0 Å². The molecule has 7 heteroatoms. The predicted octanol–water partition coefficient (Wildman–Crippen LogP) is 1.97. The Morgan fingerprint density at radius 3 is 3.13 bits per heavy atom. The summed E-state index contributed by atoms with van der Waals surface area (Å²) in [6.45, 7) is 2.88. The molecule has 1 aromatic heterocycles. The fourth-order valence-corrected chi connectivity index (χ4v) is 2.83. The minimum Gasteiger partial charge on any atom is -0.356 e. The quantitative estimate of drug-likeness (QED) is 0.827. The Hall–Kier alpha value is -2.44. The number of aromatic amines is 1. The summed E-state index contributed by atoms with van der Waals surface area (Å²) in [6, 6.07) is 4.61. The van der Waals surface area contributed by atoms with Crippen LogP contribution in [0.15, 0.2) is 18.2 Å². The van der Waals surface area contributed by atoms with E-state index in [1.54, 1.807) is 12.1 Å². The van der Waals surface area contributed by atoms with Crippen LogP contribution in [0.5, 0.6) is 0 Å². The number of hydrogen-bond acceptors (Lipinski definition) is 3. The maximum absolute atomic E-state index is 14.0. The SMILES string of the molecule is CCCCNC(=O)[C@@H]1CC(=O)N(c2n[nH]c3cccc(F)c23)C1. The normalized spacial score (nSPS) is 17.9. The second-order valence-electron chi connectivity index (χ2n) is 5.76. The van der Waals surface area contributed by atoms with E-state index in [1.807, 2.05) is 6.92 Å². The Bertz CT molecular complexity index is 743. The summed E-state index contributed by atoms with van der Waals surface area (Å²) < 4.78 is 14.0. The van der Waals surface area contributed by atoms with Crippen molar-refractivity contribution in [3.05, 3.63) is 24.0 Å². The van der Waals surface area contributed by atoms with E-state index in [4.69, 9.17) is 0 Å². The van der Waals surface area contributed by atoms with E-state index in [0.717, 1.165) is 12.8 Å². The summed E-state index contributed by atoms with van der Waals surface area (Å²) in [4.78, 5) is 25.8. The van der Waals surface area contributed by atoms with Crippen LogP contribution in [0, 0.1) is 11.7 Å². The molecular formula is C16H19FN4O2. The summed E-state index contributed by atoms with van der Waals surface area (Å²) in [5, 5.41) is 9.92. The van der Waals surface area contributed by atoms with Crippen molar-refractivity contribution in [2.75, 3.05) is 18.0 Å². The highest BCUT2D eigenvalue weighted by Gasteiger charge is 2.37. The first-order valence-corrected chi connectivity index (χ1v) is 7.82. The van der Waals surface area contributed by atoms with Crippen LogP contribution in [0.1, 0.15) is 26.2 Å². The molecule has 2 amide bonds. The van der Waals surface area contributed by atoms with Gasteiger partial charge in [0.25, 0.3) is 0 Å². The average molecular weight is 318 g/mol. The second-order valence-corrected chi connectivity index (χ2v) is 5.76. The van der Waals surface area contributed by atoms with Crippen molar-refractivity contribution in [3.8, 4) is 0 Å². The van der Waals surface area contributed by atoms with Crippen LogP contribution in [0.25, 0.3) is 10.9 Å². The smallest absolute Gasteiger partial charge is 0.229 e. The van der Waals surface area contributed by atoms with Gasteiger partial charge in [0.15, 0.2) is 5.82 Å². The molecule has 0 unspecified atom stereocenters. The highest BCUT2D eigenvalue weighted by molar-refractivity contribution is 6.05. The number of nitrogens with one attached hydrogen (secondary N) is 2. The van der Waals surface area contributed by atoms with Gasteiger partial charge in [0.1, 0.15) is 5.82 Å². The van der Waals surface area contributed by atoms with Crippen molar-refractivity contribution in [1.29, 1.82) is 0 Å². The number of aromatic nitrogens is 2. The number of hydrogen-bond donors (Lipinski definition) is 2. The highest BCUT2D eigenvalue weighted by Crippen LogP contribution is 2.31. The summed E-state index contributed by atoms with van der Waals surface area (Å²) in [5.74, 6) is -0.938. The Kier molecular flexibility index (Phi) is 4.27. The van der Waals surface area contributed by atoms with Gasteiger partial charge in [0.2, 0.25) is 11.8 Å². The summed E-state index contributed by atoms with van der Waals surface area (Å²) in [5.41, 5.74) is 0.531. The molecule has 1 aliphatic heterocycles. The topological polar surface area (TPSA) is 78.1 Å². The molecule has 122 valence electrons. The number of benzene rings is 1. The van der Waals surface area contributed by atoms with Gasteiger partial charge in [-0.2, -0.15) is 5.10 Å². The Morgan fingerprint density at radius 2 is 2.35 bits per heavy atom. The van der Waals surface area contributed by atoms with E-state index in [-0.39, 0.29) is 36.0 Å². The molecule has 6 nitrogen and oxygen atoms in total. The van der Waals surface area contributed by atoms with Gasteiger partial charge in [-0.1, -0.05) is 19.4 Å². The van der Waals surface area contributed by atoms with E-state index in [9.17, 15) is 14.0 Å². The first kappa shape index (κ1) is 15.5. The van der Waals surface area contributed by atoms with Crippen molar-refractivity contribution in [3.63, 3.8) is 0 Å². The molecule has 2 heterocycles. The number of H-pyrrole nitrogens is 1. The monoisotopic (exact) mass is 318 g/mol. The summed E-state index contributed by atoms with van der Waals surface area (Å²) >= 11 is 0. The standard InChI is InChI=1S/C16H19FN4O2/c1-2-3-7-18-16(23)10-8-13(22)21(9-10)15-14-11(17)5-4-6-12(14)19-20-15/h4-6,10H,2-3,7-9H2,1H3,(H,18,23)(H,19,20)/t10-/m1/s1. The zero-order valence-corrected chi connectivity index (χ0v) is 12.9. The maximum atomic E-state index is 14.0. The van der Waals surface area contributed by atoms with Crippen LogP contribution in [0.3, 0.4) is 0 Å². The van der Waals surface area contributed by atoms with E-state index in [2.05, 4.69) is 15.5 Å². The van der Waals surface area contributed by atoms with Gasteiger partial charge in [0.05, 0.1) is 16.8 Å². The van der Waals surface area contributed by atoms with Gasteiger partial charge in [-0.25, -0.2) is 4.39 Å². The average Bonchev–Trinajstić information content (AvgIpc) is 3.11. The zero-order valence-electron chi connectivity index (χ0n) is 12.9. The largest absolute Gasteiger partial charge is 0.356 e. The van der Waals surface area contributed by atoms with Crippen LogP contribution >= 0.6 is 0 Å². The molecule has 0 radical (unpaired) electrons. The first-order valence-electron chi connectivity index (χ1n) is 7.82. The molecule has 23 heavy (non-hydrogen) atoms. The van der Waals surface area contributed by atoms with E-state index in [1.165, 1.54) is 11.0 Å². The van der Waals surface area contributed by atoms with Gasteiger partial charge in [-0.05, 0) is 18.6 Å². The van der Waals surface area contributed by atoms with Crippen molar-refractivity contribution < 1.29 is 14.0 Å². The lowest BCUT2D eigenvalue weighted by Crippen LogP contribution is -2.33. The molecule has 0 aliphatic carbocycles. The number of anilines is 1. The van der Waals surface area contributed by atoms with Crippen LogP contribution < -0.4 is 10.2 Å². The number of amides is 2. The van der Waals surface area contributed by atoms with E-state index < -0.39 is 11.7 Å². The third-order valence-corrected chi connectivity index (χ3v) is 4.10. The van der Waals surface area contributed by atoms with E-state index in [0.29, 0.717) is 12.1 Å². The predicted molar refractivity (Wildman–Crippen MR) is 84.4 cm³/mol.